The lowest BCUT2D eigenvalue weighted by atomic mass is 9.76. The van der Waals surface area contributed by atoms with Crippen molar-refractivity contribution < 1.29 is 9.53 Å². The normalized spacial score (nSPS) is 22.2. The molecule has 2 aliphatic heterocycles. The van der Waals surface area contributed by atoms with Crippen LogP contribution < -0.4 is 0 Å². The Labute approximate surface area is 148 Å². The summed E-state index contributed by atoms with van der Waals surface area (Å²) in [7, 11) is 0. The van der Waals surface area contributed by atoms with Gasteiger partial charge in [-0.05, 0) is 48.8 Å². The number of carbonyl (C=O) groups excluding carboxylic acids is 1. The topological polar surface area (TPSA) is 42.4 Å². The zero-order valence-electron chi connectivity index (χ0n) is 14.4. The monoisotopic (exact) mass is 336 g/mol. The molecule has 1 aromatic carbocycles. The molecule has 25 heavy (non-hydrogen) atoms. The fourth-order valence-electron chi connectivity index (χ4n) is 4.09. The van der Waals surface area contributed by atoms with Gasteiger partial charge < -0.3 is 9.64 Å². The van der Waals surface area contributed by atoms with E-state index in [1.165, 1.54) is 5.56 Å². The van der Waals surface area contributed by atoms with E-state index in [0.717, 1.165) is 45.4 Å². The summed E-state index contributed by atoms with van der Waals surface area (Å²) in [5.41, 5.74) is 2.13. The quantitative estimate of drug-likeness (QED) is 0.863. The van der Waals surface area contributed by atoms with E-state index in [0.29, 0.717) is 11.8 Å². The summed E-state index contributed by atoms with van der Waals surface area (Å²) in [6, 6.07) is 16.1. The van der Waals surface area contributed by atoms with E-state index in [1.54, 1.807) is 12.3 Å². The van der Waals surface area contributed by atoms with Crippen LogP contribution in [0.15, 0.2) is 54.7 Å². The van der Waals surface area contributed by atoms with Crippen LogP contribution in [-0.2, 0) is 11.2 Å². The molecule has 0 bridgehead atoms. The highest BCUT2D eigenvalue weighted by molar-refractivity contribution is 5.92. The maximum absolute atomic E-state index is 12.5. The molecule has 130 valence electrons. The molecule has 0 saturated carbocycles. The molecule has 1 unspecified atom stereocenters. The van der Waals surface area contributed by atoms with E-state index in [1.807, 2.05) is 17.0 Å². The highest BCUT2D eigenvalue weighted by Crippen LogP contribution is 2.42. The van der Waals surface area contributed by atoms with Crippen LogP contribution in [-0.4, -0.2) is 41.6 Å². The standard InChI is InChI=1S/C21H24N2O2/c24-20(19-8-4-5-11-22-19)23-12-9-21(10-13-23)15-18(25-16-21)14-17-6-2-1-3-7-17/h1-8,11,18H,9-10,12-16H2. The van der Waals surface area contributed by atoms with E-state index in [-0.39, 0.29) is 11.3 Å². The molecular weight excluding hydrogens is 312 g/mol. The highest BCUT2D eigenvalue weighted by atomic mass is 16.5. The second-order valence-electron chi connectivity index (χ2n) is 7.33. The average Bonchev–Trinajstić information content (AvgIpc) is 3.05. The molecule has 2 aromatic rings. The van der Waals surface area contributed by atoms with Gasteiger partial charge in [0.1, 0.15) is 5.69 Å². The molecule has 0 radical (unpaired) electrons. The van der Waals surface area contributed by atoms with Gasteiger partial charge in [-0.3, -0.25) is 9.78 Å². The Morgan fingerprint density at radius 3 is 2.60 bits per heavy atom. The molecule has 2 aliphatic rings. The van der Waals surface area contributed by atoms with Gasteiger partial charge in [-0.1, -0.05) is 36.4 Å². The van der Waals surface area contributed by atoms with Crippen molar-refractivity contribution in [2.45, 2.75) is 31.8 Å². The minimum atomic E-state index is 0.0511. The van der Waals surface area contributed by atoms with Gasteiger partial charge in [-0.15, -0.1) is 0 Å². The third-order valence-electron chi connectivity index (χ3n) is 5.59. The maximum atomic E-state index is 12.5. The summed E-state index contributed by atoms with van der Waals surface area (Å²) >= 11 is 0. The molecule has 1 amide bonds. The summed E-state index contributed by atoms with van der Waals surface area (Å²) < 4.78 is 6.11. The van der Waals surface area contributed by atoms with Crippen molar-refractivity contribution in [2.75, 3.05) is 19.7 Å². The second-order valence-corrected chi connectivity index (χ2v) is 7.33. The molecule has 2 saturated heterocycles. The Morgan fingerprint density at radius 2 is 1.88 bits per heavy atom. The van der Waals surface area contributed by atoms with Gasteiger partial charge in [0.05, 0.1) is 12.7 Å². The number of amides is 1. The highest BCUT2D eigenvalue weighted by Gasteiger charge is 2.43. The average molecular weight is 336 g/mol. The summed E-state index contributed by atoms with van der Waals surface area (Å²) in [5, 5.41) is 0. The predicted molar refractivity (Wildman–Crippen MR) is 96.3 cm³/mol. The number of ether oxygens (including phenoxy) is 1. The smallest absolute Gasteiger partial charge is 0.272 e. The number of pyridine rings is 1. The van der Waals surface area contributed by atoms with Crippen LogP contribution >= 0.6 is 0 Å². The molecule has 1 spiro atoms. The lowest BCUT2D eigenvalue weighted by Gasteiger charge is -2.38. The van der Waals surface area contributed by atoms with Crippen molar-refractivity contribution >= 4 is 5.91 Å². The van der Waals surface area contributed by atoms with Gasteiger partial charge in [0, 0.05) is 19.3 Å². The van der Waals surface area contributed by atoms with E-state index in [9.17, 15) is 4.79 Å². The van der Waals surface area contributed by atoms with Crippen LogP contribution in [0, 0.1) is 5.41 Å². The molecule has 4 rings (SSSR count). The zero-order chi connectivity index (χ0) is 17.1. The molecule has 4 nitrogen and oxygen atoms in total. The lowest BCUT2D eigenvalue weighted by molar-refractivity contribution is 0.0492. The number of rotatable bonds is 3. The predicted octanol–water partition coefficient (Wildman–Crippen LogP) is 3.34. The van der Waals surface area contributed by atoms with E-state index >= 15 is 0 Å². The van der Waals surface area contributed by atoms with Crippen molar-refractivity contribution in [2.24, 2.45) is 5.41 Å². The van der Waals surface area contributed by atoms with Crippen LogP contribution in [0.5, 0.6) is 0 Å². The Hall–Kier alpha value is -2.20. The summed E-state index contributed by atoms with van der Waals surface area (Å²) in [6.07, 6.45) is 6.12. The Balaban J connectivity index is 1.33. The van der Waals surface area contributed by atoms with Gasteiger partial charge in [0.15, 0.2) is 0 Å². The number of hydrogen-bond acceptors (Lipinski definition) is 3. The minimum absolute atomic E-state index is 0.0511. The van der Waals surface area contributed by atoms with Gasteiger partial charge >= 0.3 is 0 Å². The van der Waals surface area contributed by atoms with Crippen LogP contribution in [0.3, 0.4) is 0 Å². The number of nitrogens with zero attached hydrogens (tertiary/aromatic N) is 2. The fourth-order valence-corrected chi connectivity index (χ4v) is 4.09. The van der Waals surface area contributed by atoms with Crippen molar-refractivity contribution in [3.8, 4) is 0 Å². The van der Waals surface area contributed by atoms with E-state index in [2.05, 4.69) is 35.3 Å². The van der Waals surface area contributed by atoms with Gasteiger partial charge in [0.25, 0.3) is 5.91 Å². The first-order valence-corrected chi connectivity index (χ1v) is 9.10. The molecule has 3 heterocycles. The molecule has 1 aromatic heterocycles. The molecule has 0 N–H and O–H groups in total. The Morgan fingerprint density at radius 1 is 1.12 bits per heavy atom. The molecule has 1 atom stereocenters. The summed E-state index contributed by atoms with van der Waals surface area (Å²) in [6.45, 7) is 2.43. The van der Waals surface area contributed by atoms with Gasteiger partial charge in [-0.25, -0.2) is 0 Å². The first kappa shape index (κ1) is 16.3. The van der Waals surface area contributed by atoms with Crippen LogP contribution in [0.1, 0.15) is 35.3 Å². The Kier molecular flexibility index (Phi) is 4.53. The van der Waals surface area contributed by atoms with E-state index in [4.69, 9.17) is 4.74 Å². The van der Waals surface area contributed by atoms with Crippen LogP contribution in [0.2, 0.25) is 0 Å². The molecule has 2 fully saturated rings. The first-order valence-electron chi connectivity index (χ1n) is 9.10. The van der Waals surface area contributed by atoms with Crippen molar-refractivity contribution in [3.63, 3.8) is 0 Å². The number of benzene rings is 1. The van der Waals surface area contributed by atoms with Crippen molar-refractivity contribution in [1.29, 1.82) is 0 Å². The van der Waals surface area contributed by atoms with Crippen LogP contribution in [0.25, 0.3) is 0 Å². The molecule has 0 aliphatic carbocycles. The number of piperidine rings is 1. The van der Waals surface area contributed by atoms with E-state index < -0.39 is 0 Å². The Bertz CT molecular complexity index is 709. The summed E-state index contributed by atoms with van der Waals surface area (Å²) in [5.74, 6) is 0.0511. The third kappa shape index (κ3) is 3.59. The van der Waals surface area contributed by atoms with Crippen LogP contribution in [0.4, 0.5) is 0 Å². The fraction of sp³-hybridized carbons (Fsp3) is 0.429. The number of carbonyl (C=O) groups is 1. The molecule has 4 heteroatoms. The number of hydrogen-bond donors (Lipinski definition) is 0. The van der Waals surface area contributed by atoms with Gasteiger partial charge in [-0.2, -0.15) is 0 Å². The SMILES string of the molecule is O=C(c1ccccn1)N1CCC2(CC1)COC(Cc1ccccc1)C2. The third-order valence-corrected chi connectivity index (χ3v) is 5.59. The second kappa shape index (κ2) is 6.96. The zero-order valence-corrected chi connectivity index (χ0v) is 14.4. The number of aromatic nitrogens is 1. The lowest BCUT2D eigenvalue weighted by Crippen LogP contribution is -2.43. The van der Waals surface area contributed by atoms with Crippen molar-refractivity contribution in [3.05, 3.63) is 66.0 Å². The largest absolute Gasteiger partial charge is 0.377 e. The first-order chi connectivity index (χ1) is 12.2. The minimum Gasteiger partial charge on any atom is -0.377 e. The number of likely N-dealkylation sites (tertiary alicyclic amines) is 1. The maximum Gasteiger partial charge on any atom is 0.272 e. The molecular formula is C21H24N2O2. The van der Waals surface area contributed by atoms with Gasteiger partial charge in [0.2, 0.25) is 0 Å². The summed E-state index contributed by atoms with van der Waals surface area (Å²) in [4.78, 5) is 18.7. The van der Waals surface area contributed by atoms with Crippen molar-refractivity contribution in [1.82, 2.24) is 9.88 Å².